The first-order valence-corrected chi connectivity index (χ1v) is 11.1. The molecule has 4 rings (SSSR count). The first-order valence-electron chi connectivity index (χ1n) is 11.1. The number of pyridine rings is 1. The van der Waals surface area contributed by atoms with E-state index in [9.17, 15) is 4.79 Å². The van der Waals surface area contributed by atoms with Gasteiger partial charge in [0.15, 0.2) is 22.9 Å². The Bertz CT molecular complexity index is 1260. The van der Waals surface area contributed by atoms with Gasteiger partial charge in [-0.15, -0.1) is 0 Å². The number of ether oxygens (including phenoxy) is 2. The smallest absolute Gasteiger partial charge is 0.252 e. The minimum Gasteiger partial charge on any atom is -0.490 e. The lowest BCUT2D eigenvalue weighted by molar-refractivity contribution is 0.0955. The van der Waals surface area contributed by atoms with Crippen molar-refractivity contribution in [1.29, 1.82) is 0 Å². The van der Waals surface area contributed by atoms with E-state index in [1.165, 1.54) is 0 Å². The third-order valence-corrected chi connectivity index (χ3v) is 5.29. The second kappa shape index (κ2) is 9.77. The maximum absolute atomic E-state index is 13.2. The van der Waals surface area contributed by atoms with E-state index in [0.717, 1.165) is 22.4 Å². The molecule has 0 aliphatic rings. The highest BCUT2D eigenvalue weighted by Gasteiger charge is 2.20. The van der Waals surface area contributed by atoms with Crippen LogP contribution in [0.5, 0.6) is 11.5 Å². The molecule has 33 heavy (non-hydrogen) atoms. The number of hydrogen-bond donors (Lipinski definition) is 1. The molecule has 0 spiro atoms. The van der Waals surface area contributed by atoms with Crippen molar-refractivity contribution in [3.63, 3.8) is 0 Å². The van der Waals surface area contributed by atoms with Crippen LogP contribution in [-0.2, 0) is 13.5 Å². The summed E-state index contributed by atoms with van der Waals surface area (Å²) in [7, 11) is 1.82. The zero-order chi connectivity index (χ0) is 23.4. The van der Waals surface area contributed by atoms with E-state index < -0.39 is 0 Å². The number of fused-ring (bicyclic) bond motifs is 1. The molecule has 1 N–H and O–H groups in total. The van der Waals surface area contributed by atoms with Crippen molar-refractivity contribution < 1.29 is 18.7 Å². The highest BCUT2D eigenvalue weighted by molar-refractivity contribution is 6.07. The molecule has 0 saturated heterocycles. The summed E-state index contributed by atoms with van der Waals surface area (Å²) in [6.07, 6.45) is 2.24. The number of benzene rings is 1. The van der Waals surface area contributed by atoms with Gasteiger partial charge in [0.2, 0.25) is 0 Å². The molecule has 1 amide bonds. The summed E-state index contributed by atoms with van der Waals surface area (Å²) in [5.41, 5.74) is 3.56. The standard InChI is InChI=1S/C25H28N4O4/c1-5-31-21-10-9-17(14-22(21)32-6-2)11-12-26-25(30)18-15-19(20-8-7-13-33-20)27-24-23(18)16(3)28-29(24)4/h7-10,13-15H,5-6,11-12H2,1-4H3,(H,26,30). The van der Waals surface area contributed by atoms with Gasteiger partial charge in [-0.2, -0.15) is 5.10 Å². The summed E-state index contributed by atoms with van der Waals surface area (Å²) in [6.45, 7) is 7.36. The molecule has 0 aliphatic heterocycles. The van der Waals surface area contributed by atoms with Gasteiger partial charge in [-0.3, -0.25) is 9.48 Å². The van der Waals surface area contributed by atoms with Crippen molar-refractivity contribution in [3.05, 3.63) is 59.5 Å². The molecule has 1 aromatic carbocycles. The van der Waals surface area contributed by atoms with E-state index in [-0.39, 0.29) is 5.91 Å². The van der Waals surface area contributed by atoms with Gasteiger partial charge >= 0.3 is 0 Å². The predicted molar refractivity (Wildman–Crippen MR) is 126 cm³/mol. The molecule has 0 unspecified atom stereocenters. The van der Waals surface area contributed by atoms with Gasteiger partial charge in [0, 0.05) is 13.6 Å². The van der Waals surface area contributed by atoms with E-state index in [1.807, 2.05) is 52.1 Å². The van der Waals surface area contributed by atoms with Crippen molar-refractivity contribution in [3.8, 4) is 23.0 Å². The van der Waals surface area contributed by atoms with Crippen LogP contribution in [0.15, 0.2) is 47.1 Å². The van der Waals surface area contributed by atoms with E-state index in [2.05, 4.69) is 15.4 Å². The molecule has 8 heteroatoms. The monoisotopic (exact) mass is 448 g/mol. The Labute approximate surface area is 192 Å². The van der Waals surface area contributed by atoms with Crippen LogP contribution >= 0.6 is 0 Å². The zero-order valence-corrected chi connectivity index (χ0v) is 19.3. The molecule has 0 fully saturated rings. The summed E-state index contributed by atoms with van der Waals surface area (Å²) >= 11 is 0. The zero-order valence-electron chi connectivity index (χ0n) is 19.3. The fraction of sp³-hybridized carbons (Fsp3) is 0.320. The fourth-order valence-electron chi connectivity index (χ4n) is 3.84. The van der Waals surface area contributed by atoms with E-state index in [4.69, 9.17) is 13.9 Å². The van der Waals surface area contributed by atoms with Crippen LogP contribution in [0.3, 0.4) is 0 Å². The first-order chi connectivity index (χ1) is 16.0. The molecule has 0 atom stereocenters. The number of aryl methyl sites for hydroxylation is 2. The molecule has 3 heterocycles. The Morgan fingerprint density at radius 2 is 1.91 bits per heavy atom. The van der Waals surface area contributed by atoms with Crippen LogP contribution in [0.25, 0.3) is 22.5 Å². The number of nitrogens with zero attached hydrogens (tertiary/aromatic N) is 3. The Morgan fingerprint density at radius 3 is 2.64 bits per heavy atom. The molecule has 8 nitrogen and oxygen atoms in total. The highest BCUT2D eigenvalue weighted by Crippen LogP contribution is 2.29. The van der Waals surface area contributed by atoms with Crippen LogP contribution < -0.4 is 14.8 Å². The average Bonchev–Trinajstić information content (AvgIpc) is 3.44. The minimum atomic E-state index is -0.178. The normalized spacial score (nSPS) is 11.0. The third kappa shape index (κ3) is 4.69. The molecule has 0 radical (unpaired) electrons. The van der Waals surface area contributed by atoms with Gasteiger partial charge in [-0.25, -0.2) is 4.98 Å². The van der Waals surface area contributed by atoms with Gasteiger partial charge in [-0.1, -0.05) is 6.07 Å². The van der Waals surface area contributed by atoms with Gasteiger partial charge < -0.3 is 19.2 Å². The number of rotatable bonds is 9. The second-order valence-electron chi connectivity index (χ2n) is 7.59. The number of carbonyl (C=O) groups is 1. The second-order valence-corrected chi connectivity index (χ2v) is 7.59. The molecule has 4 aromatic rings. The highest BCUT2D eigenvalue weighted by atomic mass is 16.5. The molecule has 0 aliphatic carbocycles. The molecular formula is C25H28N4O4. The fourth-order valence-corrected chi connectivity index (χ4v) is 3.84. The lowest BCUT2D eigenvalue weighted by Crippen LogP contribution is -2.26. The van der Waals surface area contributed by atoms with Crippen molar-refractivity contribution in [2.24, 2.45) is 7.05 Å². The number of nitrogens with one attached hydrogen (secondary N) is 1. The van der Waals surface area contributed by atoms with Crippen LogP contribution in [0.1, 0.15) is 35.5 Å². The van der Waals surface area contributed by atoms with Crippen LogP contribution in [-0.4, -0.2) is 40.4 Å². The Morgan fingerprint density at radius 1 is 1.12 bits per heavy atom. The number of amides is 1. The molecule has 0 bridgehead atoms. The van der Waals surface area contributed by atoms with Gasteiger partial charge in [0.25, 0.3) is 5.91 Å². The maximum Gasteiger partial charge on any atom is 0.252 e. The summed E-state index contributed by atoms with van der Waals surface area (Å²) in [4.78, 5) is 17.9. The summed E-state index contributed by atoms with van der Waals surface area (Å²) in [5.74, 6) is 1.86. The maximum atomic E-state index is 13.2. The van der Waals surface area contributed by atoms with Crippen LogP contribution in [0.4, 0.5) is 0 Å². The number of aromatic nitrogens is 3. The Balaban J connectivity index is 1.54. The molecule has 3 aromatic heterocycles. The molecule has 0 saturated carbocycles. The van der Waals surface area contributed by atoms with Crippen LogP contribution in [0.2, 0.25) is 0 Å². The Hall–Kier alpha value is -3.81. The lowest BCUT2D eigenvalue weighted by atomic mass is 10.1. The largest absolute Gasteiger partial charge is 0.490 e. The van der Waals surface area contributed by atoms with Crippen molar-refractivity contribution >= 4 is 16.9 Å². The van der Waals surface area contributed by atoms with Crippen molar-refractivity contribution in [2.45, 2.75) is 27.2 Å². The van der Waals surface area contributed by atoms with Crippen molar-refractivity contribution in [2.75, 3.05) is 19.8 Å². The first kappa shape index (κ1) is 22.4. The minimum absolute atomic E-state index is 0.178. The SMILES string of the molecule is CCOc1ccc(CCNC(=O)c2cc(-c3ccco3)nc3c2c(C)nn3C)cc1OCC. The van der Waals surface area contributed by atoms with Crippen molar-refractivity contribution in [1.82, 2.24) is 20.1 Å². The van der Waals surface area contributed by atoms with E-state index in [1.54, 1.807) is 23.1 Å². The average molecular weight is 449 g/mol. The topological polar surface area (TPSA) is 91.4 Å². The third-order valence-electron chi connectivity index (χ3n) is 5.29. The Kier molecular flexibility index (Phi) is 6.63. The van der Waals surface area contributed by atoms with E-state index in [0.29, 0.717) is 54.6 Å². The quantitative estimate of drug-likeness (QED) is 0.410. The van der Waals surface area contributed by atoms with Gasteiger partial charge in [0.05, 0.1) is 36.1 Å². The van der Waals surface area contributed by atoms with Gasteiger partial charge in [0.1, 0.15) is 5.69 Å². The molecular weight excluding hydrogens is 420 g/mol. The number of hydrogen-bond acceptors (Lipinski definition) is 6. The van der Waals surface area contributed by atoms with Gasteiger partial charge in [-0.05, 0) is 63.1 Å². The molecule has 172 valence electrons. The predicted octanol–water partition coefficient (Wildman–Crippen LogP) is 4.31. The summed E-state index contributed by atoms with van der Waals surface area (Å²) < 4.78 is 18.5. The van der Waals surface area contributed by atoms with Crippen LogP contribution in [0, 0.1) is 6.92 Å². The van der Waals surface area contributed by atoms with E-state index >= 15 is 0 Å². The summed E-state index contributed by atoms with van der Waals surface area (Å²) in [5, 5.41) is 8.23. The number of furan rings is 1. The number of carbonyl (C=O) groups excluding carboxylic acids is 1. The lowest BCUT2D eigenvalue weighted by Gasteiger charge is -2.13. The summed E-state index contributed by atoms with van der Waals surface area (Å²) in [6, 6.07) is 11.2.